The minimum atomic E-state index is 0.0741. The van der Waals surface area contributed by atoms with Gasteiger partial charge in [-0.15, -0.1) is 0 Å². The Balaban J connectivity index is 1.80. The summed E-state index contributed by atoms with van der Waals surface area (Å²) >= 11 is 0. The maximum absolute atomic E-state index is 13.0. The minimum Gasteiger partial charge on any atom is -0.368 e. The molecule has 3 rings (SSSR count). The smallest absolute Gasteiger partial charge is 0.256 e. The molecule has 126 valence electrons. The van der Waals surface area contributed by atoms with Crippen molar-refractivity contribution in [1.82, 2.24) is 15.1 Å². The van der Waals surface area contributed by atoms with E-state index < -0.39 is 0 Å². The van der Waals surface area contributed by atoms with E-state index >= 15 is 0 Å². The number of carbonyl (C=O) groups is 1. The van der Waals surface area contributed by atoms with Gasteiger partial charge in [-0.25, -0.2) is 0 Å². The molecule has 0 bridgehead atoms. The van der Waals surface area contributed by atoms with Gasteiger partial charge in [-0.2, -0.15) is 10.2 Å². The number of piperazine rings is 1. The molecule has 1 aromatic carbocycles. The molecule has 0 saturated carbocycles. The highest BCUT2D eigenvalue weighted by Crippen LogP contribution is 2.22. The van der Waals surface area contributed by atoms with Crippen LogP contribution in [-0.4, -0.2) is 46.7 Å². The van der Waals surface area contributed by atoms with E-state index in [1.807, 2.05) is 30.9 Å². The van der Waals surface area contributed by atoms with Crippen molar-refractivity contribution in [3.63, 3.8) is 0 Å². The quantitative estimate of drug-likeness (QED) is 0.871. The molecule has 2 aromatic rings. The van der Waals surface area contributed by atoms with Gasteiger partial charge in [0.25, 0.3) is 5.91 Å². The molecule has 1 aromatic heterocycles. The number of carbonyl (C=O) groups excluding carboxylic acids is 1. The summed E-state index contributed by atoms with van der Waals surface area (Å²) in [6, 6.07) is 12.5. The van der Waals surface area contributed by atoms with Gasteiger partial charge in [0.05, 0.1) is 17.0 Å². The van der Waals surface area contributed by atoms with Crippen molar-refractivity contribution < 1.29 is 4.79 Å². The molecule has 0 N–H and O–H groups in total. The Labute approximate surface area is 143 Å². The number of hydrogen-bond acceptors (Lipinski definition) is 4. The summed E-state index contributed by atoms with van der Waals surface area (Å²) < 4.78 is 0. The van der Waals surface area contributed by atoms with E-state index in [0.29, 0.717) is 11.3 Å². The van der Waals surface area contributed by atoms with Crippen molar-refractivity contribution in [3.8, 4) is 0 Å². The van der Waals surface area contributed by atoms with Crippen LogP contribution in [0.2, 0.25) is 0 Å². The summed E-state index contributed by atoms with van der Waals surface area (Å²) in [5, 5.41) is 8.13. The number of hydrogen-bond donors (Lipinski definition) is 0. The average Bonchev–Trinajstić information content (AvgIpc) is 2.63. The molecule has 1 saturated heterocycles. The highest BCUT2D eigenvalue weighted by molar-refractivity contribution is 5.95. The summed E-state index contributed by atoms with van der Waals surface area (Å²) in [6.07, 6.45) is 0.936. The lowest BCUT2D eigenvalue weighted by Crippen LogP contribution is -2.55. The molecule has 24 heavy (non-hydrogen) atoms. The van der Waals surface area contributed by atoms with E-state index in [4.69, 9.17) is 0 Å². The van der Waals surface area contributed by atoms with Crippen LogP contribution in [-0.2, 0) is 0 Å². The van der Waals surface area contributed by atoms with Crippen LogP contribution < -0.4 is 4.90 Å². The summed E-state index contributed by atoms with van der Waals surface area (Å²) in [5.41, 5.74) is 3.38. The molecule has 1 fully saturated rings. The fraction of sp³-hybridized carbons (Fsp3) is 0.421. The topological polar surface area (TPSA) is 49.3 Å². The molecule has 2 heterocycles. The van der Waals surface area contributed by atoms with Crippen molar-refractivity contribution in [2.24, 2.45) is 0 Å². The third kappa shape index (κ3) is 3.25. The van der Waals surface area contributed by atoms with Gasteiger partial charge < -0.3 is 9.80 Å². The highest BCUT2D eigenvalue weighted by Gasteiger charge is 2.31. The van der Waals surface area contributed by atoms with Crippen molar-refractivity contribution in [3.05, 3.63) is 53.3 Å². The molecule has 0 spiro atoms. The maximum atomic E-state index is 13.0. The molecule has 5 heteroatoms. The molecule has 1 unspecified atom stereocenters. The maximum Gasteiger partial charge on any atom is 0.256 e. The Morgan fingerprint density at radius 2 is 1.92 bits per heavy atom. The Bertz CT molecular complexity index is 717. The van der Waals surface area contributed by atoms with Crippen LogP contribution in [0.15, 0.2) is 36.4 Å². The molecular formula is C19H24N4O. The number of aryl methyl sites for hydroxylation is 2. The first-order chi connectivity index (χ1) is 11.6. The second-order valence-electron chi connectivity index (χ2n) is 6.33. The fourth-order valence-electron chi connectivity index (χ4n) is 3.27. The van der Waals surface area contributed by atoms with Crippen molar-refractivity contribution in [2.45, 2.75) is 33.2 Å². The van der Waals surface area contributed by atoms with Crippen LogP contribution in [0, 0.1) is 13.8 Å². The lowest BCUT2D eigenvalue weighted by molar-refractivity contribution is 0.0650. The lowest BCUT2D eigenvalue weighted by atomic mass is 10.1. The Hall–Kier alpha value is -2.43. The van der Waals surface area contributed by atoms with E-state index in [0.717, 1.165) is 31.7 Å². The first-order valence-corrected chi connectivity index (χ1v) is 8.52. The zero-order chi connectivity index (χ0) is 17.1. The van der Waals surface area contributed by atoms with Crippen molar-refractivity contribution in [2.75, 3.05) is 24.5 Å². The van der Waals surface area contributed by atoms with Gasteiger partial charge >= 0.3 is 0 Å². The summed E-state index contributed by atoms with van der Waals surface area (Å²) in [4.78, 5) is 17.4. The third-order valence-electron chi connectivity index (χ3n) is 4.67. The van der Waals surface area contributed by atoms with Gasteiger partial charge in [-0.05, 0) is 38.5 Å². The molecule has 5 nitrogen and oxygen atoms in total. The predicted molar refractivity (Wildman–Crippen MR) is 95.3 cm³/mol. The standard InChI is InChI=1S/C19H24N4O/c1-4-16-13-22(17-8-6-5-7-9-17)10-11-23(16)19(24)18-12-14(2)20-21-15(18)3/h5-9,12,16H,4,10-11,13H2,1-3H3. The molecule has 1 aliphatic heterocycles. The number of rotatable bonds is 3. The molecule has 1 atom stereocenters. The molecular weight excluding hydrogens is 300 g/mol. The molecule has 1 aliphatic rings. The summed E-state index contributed by atoms with van der Waals surface area (Å²) in [5.74, 6) is 0.0741. The van der Waals surface area contributed by atoms with Gasteiger partial charge in [-0.3, -0.25) is 4.79 Å². The Morgan fingerprint density at radius 1 is 1.17 bits per heavy atom. The van der Waals surface area contributed by atoms with E-state index in [1.165, 1.54) is 5.69 Å². The Kier molecular flexibility index (Phi) is 4.79. The van der Waals surface area contributed by atoms with Gasteiger partial charge in [-0.1, -0.05) is 25.1 Å². The first kappa shape index (κ1) is 16.4. The van der Waals surface area contributed by atoms with Crippen LogP contribution in [0.25, 0.3) is 0 Å². The summed E-state index contributed by atoms with van der Waals surface area (Å²) in [7, 11) is 0. The van der Waals surface area contributed by atoms with Gasteiger partial charge in [0.15, 0.2) is 0 Å². The van der Waals surface area contributed by atoms with E-state index in [1.54, 1.807) is 0 Å². The van der Waals surface area contributed by atoms with Gasteiger partial charge in [0.2, 0.25) is 0 Å². The van der Waals surface area contributed by atoms with Gasteiger partial charge in [0, 0.05) is 31.4 Å². The fourth-order valence-corrected chi connectivity index (χ4v) is 3.27. The van der Waals surface area contributed by atoms with Gasteiger partial charge in [0.1, 0.15) is 0 Å². The monoisotopic (exact) mass is 324 g/mol. The number of anilines is 1. The largest absolute Gasteiger partial charge is 0.368 e. The van der Waals surface area contributed by atoms with Crippen LogP contribution in [0.4, 0.5) is 5.69 Å². The zero-order valence-corrected chi connectivity index (χ0v) is 14.6. The predicted octanol–water partition coefficient (Wildman–Crippen LogP) is 2.83. The SMILES string of the molecule is CCC1CN(c2ccccc2)CCN1C(=O)c1cc(C)nnc1C. The number of amides is 1. The lowest BCUT2D eigenvalue weighted by Gasteiger charge is -2.42. The second-order valence-corrected chi connectivity index (χ2v) is 6.33. The van der Waals surface area contributed by atoms with Crippen LogP contribution in [0.1, 0.15) is 35.1 Å². The number of para-hydroxylation sites is 1. The van der Waals surface area contributed by atoms with Crippen LogP contribution >= 0.6 is 0 Å². The van der Waals surface area contributed by atoms with E-state index in [2.05, 4.69) is 46.3 Å². The number of aromatic nitrogens is 2. The minimum absolute atomic E-state index is 0.0741. The number of benzene rings is 1. The van der Waals surface area contributed by atoms with Crippen LogP contribution in [0.3, 0.4) is 0 Å². The van der Waals surface area contributed by atoms with E-state index in [-0.39, 0.29) is 11.9 Å². The molecule has 0 aliphatic carbocycles. The Morgan fingerprint density at radius 3 is 2.62 bits per heavy atom. The van der Waals surface area contributed by atoms with Crippen molar-refractivity contribution >= 4 is 11.6 Å². The second kappa shape index (κ2) is 6.99. The van der Waals surface area contributed by atoms with Crippen molar-refractivity contribution in [1.29, 1.82) is 0 Å². The normalized spacial score (nSPS) is 17.9. The summed E-state index contributed by atoms with van der Waals surface area (Å²) in [6.45, 7) is 8.30. The highest BCUT2D eigenvalue weighted by atomic mass is 16.2. The number of nitrogens with zero attached hydrogens (tertiary/aromatic N) is 4. The third-order valence-corrected chi connectivity index (χ3v) is 4.67. The zero-order valence-electron chi connectivity index (χ0n) is 14.6. The molecule has 1 amide bonds. The van der Waals surface area contributed by atoms with Crippen LogP contribution in [0.5, 0.6) is 0 Å². The molecule has 0 radical (unpaired) electrons. The average molecular weight is 324 g/mol. The first-order valence-electron chi connectivity index (χ1n) is 8.52. The van der Waals surface area contributed by atoms with E-state index in [9.17, 15) is 4.79 Å².